The minimum Gasteiger partial charge on any atom is -0.347 e. The molecule has 1 aromatic heterocycles. The molecule has 2 heterocycles. The van der Waals surface area contributed by atoms with Crippen molar-refractivity contribution in [1.82, 2.24) is 4.98 Å². The highest BCUT2D eigenvalue weighted by Crippen LogP contribution is 2.46. The summed E-state index contributed by atoms with van der Waals surface area (Å²) in [4.78, 5) is 10.8. The highest BCUT2D eigenvalue weighted by Gasteiger charge is 2.37. The van der Waals surface area contributed by atoms with Crippen LogP contribution in [0.15, 0.2) is 65.4 Å². The predicted molar refractivity (Wildman–Crippen MR) is 88.3 cm³/mol. The first-order valence-corrected chi connectivity index (χ1v) is 7.10. The maximum Gasteiger partial charge on any atom is 0.151 e. The van der Waals surface area contributed by atoms with E-state index in [-0.39, 0.29) is 5.41 Å². The van der Waals surface area contributed by atoms with Crippen molar-refractivity contribution in [2.75, 3.05) is 11.9 Å². The van der Waals surface area contributed by atoms with Gasteiger partial charge in [0.05, 0.1) is 0 Å². The molecule has 3 nitrogen and oxygen atoms in total. The van der Waals surface area contributed by atoms with E-state index in [1.807, 2.05) is 24.4 Å². The molecule has 0 spiro atoms. The summed E-state index contributed by atoms with van der Waals surface area (Å²) in [5, 5.41) is 0. The minimum atomic E-state index is -0.0124. The summed E-state index contributed by atoms with van der Waals surface area (Å²) in [5.74, 6) is 0.727. The van der Waals surface area contributed by atoms with E-state index in [0.717, 1.165) is 5.82 Å². The fourth-order valence-corrected chi connectivity index (χ4v) is 2.92. The van der Waals surface area contributed by atoms with Crippen molar-refractivity contribution >= 4 is 17.7 Å². The summed E-state index contributed by atoms with van der Waals surface area (Å²) in [7, 11) is 2.11. The number of hydrogen-bond donors (Lipinski definition) is 0. The first kappa shape index (κ1) is 13.6. The fourth-order valence-electron chi connectivity index (χ4n) is 2.92. The number of rotatable bonds is 2. The Hall–Kier alpha value is -2.42. The van der Waals surface area contributed by atoms with Gasteiger partial charge in [0, 0.05) is 36.3 Å². The van der Waals surface area contributed by atoms with Gasteiger partial charge in [0.1, 0.15) is 0 Å². The van der Waals surface area contributed by atoms with Gasteiger partial charge in [-0.1, -0.05) is 38.1 Å². The number of fused-ring (bicyclic) bond motifs is 1. The number of nitrogens with zero attached hydrogens (tertiary/aromatic N) is 3. The molecule has 2 aromatic rings. The minimum absolute atomic E-state index is 0.0124. The van der Waals surface area contributed by atoms with Crippen molar-refractivity contribution in [1.29, 1.82) is 0 Å². The molecule has 0 bridgehead atoms. The van der Waals surface area contributed by atoms with Crippen LogP contribution >= 0.6 is 0 Å². The lowest BCUT2D eigenvalue weighted by Gasteiger charge is -2.23. The summed E-state index contributed by atoms with van der Waals surface area (Å²) in [6.45, 7) is 4.49. The van der Waals surface area contributed by atoms with Crippen molar-refractivity contribution < 1.29 is 0 Å². The zero-order valence-electron chi connectivity index (χ0n) is 12.6. The lowest BCUT2D eigenvalue weighted by atomic mass is 9.84. The topological polar surface area (TPSA) is 28.5 Å². The van der Waals surface area contributed by atoms with Gasteiger partial charge in [-0.15, -0.1) is 0 Å². The molecule has 0 atom stereocenters. The Morgan fingerprint density at radius 3 is 2.57 bits per heavy atom. The van der Waals surface area contributed by atoms with E-state index in [4.69, 9.17) is 0 Å². The van der Waals surface area contributed by atoms with Gasteiger partial charge in [-0.25, -0.2) is 9.98 Å². The maximum absolute atomic E-state index is 4.39. The molecular weight excluding hydrogens is 258 g/mol. The van der Waals surface area contributed by atoms with Crippen LogP contribution in [0.4, 0.5) is 11.5 Å². The Kier molecular flexibility index (Phi) is 3.34. The molecule has 3 rings (SSSR count). The van der Waals surface area contributed by atoms with Gasteiger partial charge < -0.3 is 4.90 Å². The molecule has 21 heavy (non-hydrogen) atoms. The van der Waals surface area contributed by atoms with E-state index in [2.05, 4.69) is 66.1 Å². The first-order chi connectivity index (χ1) is 10.1. The highest BCUT2D eigenvalue weighted by molar-refractivity contribution is 5.80. The van der Waals surface area contributed by atoms with Gasteiger partial charge in [0.25, 0.3) is 0 Å². The zero-order chi connectivity index (χ0) is 14.9. The van der Waals surface area contributed by atoms with Crippen LogP contribution in [0.1, 0.15) is 19.4 Å². The Balaban J connectivity index is 1.93. The Morgan fingerprint density at radius 1 is 1.10 bits per heavy atom. The number of pyridine rings is 1. The van der Waals surface area contributed by atoms with Crippen molar-refractivity contribution in [3.05, 3.63) is 66.0 Å². The molecule has 1 aliphatic heterocycles. The predicted octanol–water partition coefficient (Wildman–Crippen LogP) is 4.10. The van der Waals surface area contributed by atoms with E-state index in [9.17, 15) is 0 Å². The third-order valence-electron chi connectivity index (χ3n) is 4.03. The van der Waals surface area contributed by atoms with Gasteiger partial charge in [-0.3, -0.25) is 0 Å². The third kappa shape index (κ3) is 2.35. The summed E-state index contributed by atoms with van der Waals surface area (Å²) in [6.07, 6.45) is 5.66. The third-order valence-corrected chi connectivity index (χ3v) is 4.03. The smallest absolute Gasteiger partial charge is 0.151 e. The largest absolute Gasteiger partial charge is 0.347 e. The van der Waals surface area contributed by atoms with Crippen molar-refractivity contribution in [3.8, 4) is 0 Å². The Labute approximate surface area is 125 Å². The molecule has 0 radical (unpaired) electrons. The van der Waals surface area contributed by atoms with Crippen LogP contribution in [-0.2, 0) is 5.41 Å². The van der Waals surface area contributed by atoms with Gasteiger partial charge in [0.15, 0.2) is 5.82 Å². The van der Waals surface area contributed by atoms with E-state index < -0.39 is 0 Å². The van der Waals surface area contributed by atoms with Gasteiger partial charge in [-0.2, -0.15) is 0 Å². The van der Waals surface area contributed by atoms with Crippen LogP contribution in [0.25, 0.3) is 0 Å². The normalized spacial score (nSPS) is 18.4. The molecule has 0 aliphatic carbocycles. The second-order valence-corrected chi connectivity index (χ2v) is 5.72. The molecule has 0 saturated carbocycles. The molecule has 1 aliphatic rings. The second kappa shape index (κ2) is 5.17. The standard InChI is InChI=1S/C18H19N3/c1-18(2)14-8-4-5-9-15(14)21(3)16(18)11-13-20-17-10-6-7-12-19-17/h4-13H,1-3H3. The van der Waals surface area contributed by atoms with Crippen LogP contribution in [0, 0.1) is 0 Å². The second-order valence-electron chi connectivity index (χ2n) is 5.72. The fraction of sp³-hybridized carbons (Fsp3) is 0.222. The molecule has 0 N–H and O–H groups in total. The zero-order valence-corrected chi connectivity index (χ0v) is 12.6. The Bertz CT molecular complexity index is 699. The average molecular weight is 277 g/mol. The van der Waals surface area contributed by atoms with Crippen molar-refractivity contribution in [2.45, 2.75) is 19.3 Å². The average Bonchev–Trinajstić information content (AvgIpc) is 2.70. The van der Waals surface area contributed by atoms with Gasteiger partial charge >= 0.3 is 0 Å². The van der Waals surface area contributed by atoms with Crippen LogP contribution in [-0.4, -0.2) is 18.2 Å². The van der Waals surface area contributed by atoms with E-state index >= 15 is 0 Å². The number of hydrogen-bond acceptors (Lipinski definition) is 3. The summed E-state index contributed by atoms with van der Waals surface area (Å²) in [5.41, 5.74) is 3.84. The first-order valence-electron chi connectivity index (χ1n) is 7.10. The monoisotopic (exact) mass is 277 g/mol. The van der Waals surface area contributed by atoms with Gasteiger partial charge in [0.2, 0.25) is 0 Å². The number of aliphatic imine (C=N–C) groups is 1. The maximum atomic E-state index is 4.39. The molecule has 3 heteroatoms. The molecule has 106 valence electrons. The molecule has 0 saturated heterocycles. The van der Waals surface area contributed by atoms with Crippen molar-refractivity contribution in [3.63, 3.8) is 0 Å². The van der Waals surface area contributed by atoms with E-state index in [1.54, 1.807) is 6.20 Å². The molecule has 0 fully saturated rings. The SMILES string of the molecule is CN1C(=CC=Nc2ccccn2)C(C)(C)c2ccccc21. The molecular formula is C18H19N3. The molecule has 0 unspecified atom stereocenters. The molecule has 1 aromatic carbocycles. The quantitative estimate of drug-likeness (QED) is 0.773. The number of allylic oxidation sites excluding steroid dienone is 2. The van der Waals surface area contributed by atoms with E-state index in [0.29, 0.717) is 0 Å². The van der Waals surface area contributed by atoms with Crippen molar-refractivity contribution in [2.24, 2.45) is 4.99 Å². The lowest BCUT2D eigenvalue weighted by molar-refractivity contribution is 0.641. The highest BCUT2D eigenvalue weighted by atomic mass is 15.2. The number of benzene rings is 1. The number of likely N-dealkylation sites (N-methyl/N-ethyl adjacent to an activating group) is 1. The van der Waals surface area contributed by atoms with Crippen LogP contribution in [0.5, 0.6) is 0 Å². The van der Waals surface area contributed by atoms with E-state index in [1.165, 1.54) is 16.9 Å². The van der Waals surface area contributed by atoms with Crippen LogP contribution in [0.2, 0.25) is 0 Å². The number of anilines is 1. The summed E-state index contributed by atoms with van der Waals surface area (Å²) in [6, 6.07) is 14.3. The summed E-state index contributed by atoms with van der Waals surface area (Å²) < 4.78 is 0. The van der Waals surface area contributed by atoms with Crippen LogP contribution in [0.3, 0.4) is 0 Å². The lowest BCUT2D eigenvalue weighted by Crippen LogP contribution is -2.23. The number of aromatic nitrogens is 1. The summed E-state index contributed by atoms with van der Waals surface area (Å²) >= 11 is 0. The Morgan fingerprint density at radius 2 is 1.86 bits per heavy atom. The molecule has 0 amide bonds. The van der Waals surface area contributed by atoms with Gasteiger partial charge in [-0.05, 0) is 29.8 Å². The number of para-hydroxylation sites is 1. The van der Waals surface area contributed by atoms with Crippen LogP contribution < -0.4 is 4.90 Å².